The van der Waals surface area contributed by atoms with Crippen LogP contribution in [0.3, 0.4) is 0 Å². The number of carbonyl (C=O) groups is 1. The summed E-state index contributed by atoms with van der Waals surface area (Å²) in [6, 6.07) is 1.99. The fourth-order valence-electron chi connectivity index (χ4n) is 2.17. The Morgan fingerprint density at radius 3 is 2.95 bits per heavy atom. The van der Waals surface area contributed by atoms with Gasteiger partial charge in [0.15, 0.2) is 5.16 Å². The van der Waals surface area contributed by atoms with Gasteiger partial charge in [-0.15, -0.1) is 0 Å². The van der Waals surface area contributed by atoms with Gasteiger partial charge in [0.2, 0.25) is 0 Å². The van der Waals surface area contributed by atoms with Crippen molar-refractivity contribution in [3.63, 3.8) is 0 Å². The van der Waals surface area contributed by atoms with E-state index in [-0.39, 0.29) is 12.1 Å². The molecule has 7 heteroatoms. The van der Waals surface area contributed by atoms with E-state index in [0.29, 0.717) is 0 Å². The van der Waals surface area contributed by atoms with Crippen LogP contribution in [-0.4, -0.2) is 47.0 Å². The first-order valence-corrected chi connectivity index (χ1v) is 8.21. The van der Waals surface area contributed by atoms with E-state index in [0.717, 1.165) is 30.5 Å². The van der Waals surface area contributed by atoms with Crippen LogP contribution in [0.5, 0.6) is 0 Å². The Morgan fingerprint density at radius 2 is 2.29 bits per heavy atom. The highest BCUT2D eigenvalue weighted by Gasteiger charge is 2.26. The van der Waals surface area contributed by atoms with E-state index in [1.807, 2.05) is 33.1 Å². The predicted molar refractivity (Wildman–Crippen MR) is 83.8 cm³/mol. The van der Waals surface area contributed by atoms with E-state index in [1.54, 1.807) is 6.20 Å². The molecular weight excluding hydrogens is 288 g/mol. The molecule has 2 heterocycles. The monoisotopic (exact) mass is 310 g/mol. The molecule has 2 rings (SSSR count). The number of nitrogens with one attached hydrogen (secondary N) is 1. The first kappa shape index (κ1) is 15.9. The molecular formula is C14H22N4O2S. The van der Waals surface area contributed by atoms with Crippen molar-refractivity contribution in [2.45, 2.75) is 44.0 Å². The second-order valence-electron chi connectivity index (χ2n) is 5.98. The number of rotatable bonds is 3. The van der Waals surface area contributed by atoms with Crippen molar-refractivity contribution in [2.24, 2.45) is 0 Å². The Bertz CT molecular complexity index is 504. The van der Waals surface area contributed by atoms with E-state index < -0.39 is 5.60 Å². The van der Waals surface area contributed by atoms with Crippen LogP contribution >= 0.6 is 11.8 Å². The predicted octanol–water partition coefficient (Wildman–Crippen LogP) is 2.30. The van der Waals surface area contributed by atoms with Gasteiger partial charge in [-0.1, -0.05) is 11.8 Å². The number of alkyl carbamates (subject to hydrolysis) is 1. The molecule has 21 heavy (non-hydrogen) atoms. The molecule has 1 aromatic heterocycles. The smallest absolute Gasteiger partial charge is 0.407 e. The van der Waals surface area contributed by atoms with Crippen molar-refractivity contribution in [3.05, 3.63) is 12.3 Å². The van der Waals surface area contributed by atoms with Crippen LogP contribution in [0, 0.1) is 0 Å². The van der Waals surface area contributed by atoms with Gasteiger partial charge < -0.3 is 15.0 Å². The highest BCUT2D eigenvalue weighted by atomic mass is 32.2. The molecule has 1 fully saturated rings. The summed E-state index contributed by atoms with van der Waals surface area (Å²) in [7, 11) is 0. The Balaban J connectivity index is 1.90. The van der Waals surface area contributed by atoms with Crippen LogP contribution < -0.4 is 10.2 Å². The molecule has 0 unspecified atom stereocenters. The van der Waals surface area contributed by atoms with Gasteiger partial charge in [-0.3, -0.25) is 0 Å². The molecule has 0 bridgehead atoms. The van der Waals surface area contributed by atoms with Crippen LogP contribution in [0.25, 0.3) is 0 Å². The minimum absolute atomic E-state index is 0.0903. The maximum atomic E-state index is 11.8. The molecule has 0 saturated carbocycles. The van der Waals surface area contributed by atoms with Gasteiger partial charge in [0, 0.05) is 19.3 Å². The normalized spacial score (nSPS) is 18.7. The summed E-state index contributed by atoms with van der Waals surface area (Å²) in [6.45, 7) is 7.18. The third-order valence-electron chi connectivity index (χ3n) is 3.03. The molecule has 6 nitrogen and oxygen atoms in total. The number of ether oxygens (including phenoxy) is 1. The second kappa shape index (κ2) is 6.51. The van der Waals surface area contributed by atoms with E-state index >= 15 is 0 Å². The van der Waals surface area contributed by atoms with Gasteiger partial charge in [0.25, 0.3) is 0 Å². The lowest BCUT2D eigenvalue weighted by molar-refractivity contribution is 0.0509. The van der Waals surface area contributed by atoms with Crippen molar-refractivity contribution < 1.29 is 9.53 Å². The fraction of sp³-hybridized carbons (Fsp3) is 0.643. The number of nitrogens with zero attached hydrogens (tertiary/aromatic N) is 3. The van der Waals surface area contributed by atoms with Crippen molar-refractivity contribution in [2.75, 3.05) is 24.2 Å². The third kappa shape index (κ3) is 4.77. The SMILES string of the molecule is CSc1nccc(N2CC[C@@H](NC(=O)OC(C)(C)C)C2)n1. The summed E-state index contributed by atoms with van der Waals surface area (Å²) < 4.78 is 5.28. The number of amides is 1. The number of thioether (sulfide) groups is 1. The lowest BCUT2D eigenvalue weighted by Crippen LogP contribution is -2.40. The van der Waals surface area contributed by atoms with Crippen molar-refractivity contribution in [3.8, 4) is 0 Å². The zero-order valence-electron chi connectivity index (χ0n) is 12.9. The van der Waals surface area contributed by atoms with Crippen LogP contribution in [0.1, 0.15) is 27.2 Å². The Labute approximate surface area is 129 Å². The van der Waals surface area contributed by atoms with Gasteiger partial charge in [-0.2, -0.15) is 0 Å². The summed E-state index contributed by atoms with van der Waals surface area (Å²) in [4.78, 5) is 22.6. The fourth-order valence-corrected chi connectivity index (χ4v) is 2.52. The summed E-state index contributed by atoms with van der Waals surface area (Å²) in [6.07, 6.45) is 4.25. The molecule has 1 aromatic rings. The first-order chi connectivity index (χ1) is 9.87. The van der Waals surface area contributed by atoms with E-state index in [4.69, 9.17) is 4.74 Å². The average Bonchev–Trinajstić information content (AvgIpc) is 2.85. The lowest BCUT2D eigenvalue weighted by Gasteiger charge is -2.22. The number of hydrogen-bond donors (Lipinski definition) is 1. The van der Waals surface area contributed by atoms with E-state index in [2.05, 4.69) is 20.2 Å². The maximum Gasteiger partial charge on any atom is 0.407 e. The van der Waals surface area contributed by atoms with Gasteiger partial charge in [0.05, 0.1) is 6.04 Å². The Morgan fingerprint density at radius 1 is 1.52 bits per heavy atom. The van der Waals surface area contributed by atoms with Gasteiger partial charge in [0.1, 0.15) is 11.4 Å². The largest absolute Gasteiger partial charge is 0.444 e. The van der Waals surface area contributed by atoms with Crippen molar-refractivity contribution in [1.82, 2.24) is 15.3 Å². The van der Waals surface area contributed by atoms with Crippen molar-refractivity contribution >= 4 is 23.7 Å². The molecule has 0 spiro atoms. The third-order valence-corrected chi connectivity index (χ3v) is 3.60. The Kier molecular flexibility index (Phi) is 4.92. The zero-order chi connectivity index (χ0) is 15.5. The summed E-state index contributed by atoms with van der Waals surface area (Å²) >= 11 is 1.52. The van der Waals surface area contributed by atoms with Crippen LogP contribution in [0.15, 0.2) is 17.4 Å². The zero-order valence-corrected chi connectivity index (χ0v) is 13.7. The number of anilines is 1. The maximum absolute atomic E-state index is 11.8. The standard InChI is InChI=1S/C14H22N4O2S/c1-14(2,3)20-13(19)16-10-6-8-18(9-10)11-5-7-15-12(17-11)21-4/h5,7,10H,6,8-9H2,1-4H3,(H,16,19)/t10-/m1/s1. The molecule has 0 radical (unpaired) electrons. The van der Waals surface area contributed by atoms with Gasteiger partial charge >= 0.3 is 6.09 Å². The number of hydrogen-bond acceptors (Lipinski definition) is 6. The summed E-state index contributed by atoms with van der Waals surface area (Å²) in [5.74, 6) is 0.905. The minimum atomic E-state index is -0.470. The molecule has 1 atom stereocenters. The second-order valence-corrected chi connectivity index (χ2v) is 6.75. The molecule has 1 aliphatic rings. The number of aromatic nitrogens is 2. The van der Waals surface area contributed by atoms with Crippen LogP contribution in [-0.2, 0) is 4.74 Å². The van der Waals surface area contributed by atoms with Crippen molar-refractivity contribution in [1.29, 1.82) is 0 Å². The highest BCUT2D eigenvalue weighted by Crippen LogP contribution is 2.20. The molecule has 1 saturated heterocycles. The quantitative estimate of drug-likeness (QED) is 0.682. The number of carbonyl (C=O) groups excluding carboxylic acids is 1. The molecule has 1 N–H and O–H groups in total. The lowest BCUT2D eigenvalue weighted by atomic mass is 10.2. The minimum Gasteiger partial charge on any atom is -0.444 e. The average molecular weight is 310 g/mol. The van der Waals surface area contributed by atoms with Crippen LogP contribution in [0.2, 0.25) is 0 Å². The van der Waals surface area contributed by atoms with E-state index in [9.17, 15) is 4.79 Å². The first-order valence-electron chi connectivity index (χ1n) is 6.99. The topological polar surface area (TPSA) is 67.4 Å². The molecule has 1 aliphatic heterocycles. The Hall–Kier alpha value is -1.50. The van der Waals surface area contributed by atoms with Gasteiger partial charge in [-0.05, 0) is 39.5 Å². The van der Waals surface area contributed by atoms with Crippen LogP contribution in [0.4, 0.5) is 10.6 Å². The molecule has 1 amide bonds. The van der Waals surface area contributed by atoms with E-state index in [1.165, 1.54) is 11.8 Å². The summed E-state index contributed by atoms with van der Waals surface area (Å²) in [5, 5.41) is 3.67. The van der Waals surface area contributed by atoms with Gasteiger partial charge in [-0.25, -0.2) is 14.8 Å². The highest BCUT2D eigenvalue weighted by molar-refractivity contribution is 7.98. The molecule has 0 aromatic carbocycles. The molecule has 0 aliphatic carbocycles. The summed E-state index contributed by atoms with van der Waals surface area (Å²) in [5.41, 5.74) is -0.470. The molecule has 116 valence electrons.